The van der Waals surface area contributed by atoms with Crippen LogP contribution in [0, 0.1) is 5.92 Å². The smallest absolute Gasteiger partial charge is 0.258 e. The molecule has 0 spiro atoms. The number of carbonyl (C=O) groups excluding carboxylic acids is 2. The number of nitrogens with one attached hydrogen (secondary N) is 2. The SMILES string of the molecule is C=CCc1cccc(/C=N/NC(=O)C2C=NNC2=O)c1O. The van der Waals surface area contributed by atoms with Crippen molar-refractivity contribution in [2.75, 3.05) is 0 Å². The molecule has 1 aliphatic heterocycles. The standard InChI is InChI=1S/C14H14N4O3/c1-2-4-9-5-3-6-10(12(9)19)7-15-17-13(20)11-8-16-18-14(11)21/h2-3,5-8,11,19H,1,4H2,(H,17,20)(H,18,21)/b15-7+. The van der Waals surface area contributed by atoms with E-state index in [2.05, 4.69) is 27.6 Å². The lowest BCUT2D eigenvalue weighted by Gasteiger charge is -2.05. The highest BCUT2D eigenvalue weighted by Gasteiger charge is 2.28. The fourth-order valence-corrected chi connectivity index (χ4v) is 1.77. The summed E-state index contributed by atoms with van der Waals surface area (Å²) in [6.07, 6.45) is 4.72. The molecule has 0 saturated carbocycles. The summed E-state index contributed by atoms with van der Waals surface area (Å²) in [6.45, 7) is 3.61. The molecule has 2 rings (SSSR count). The number of hydrogen-bond donors (Lipinski definition) is 3. The number of para-hydroxylation sites is 1. The highest BCUT2D eigenvalue weighted by atomic mass is 16.3. The molecule has 3 N–H and O–H groups in total. The van der Waals surface area contributed by atoms with Gasteiger partial charge in [0.2, 0.25) is 0 Å². The predicted molar refractivity (Wildman–Crippen MR) is 77.9 cm³/mol. The van der Waals surface area contributed by atoms with Crippen molar-refractivity contribution in [2.45, 2.75) is 6.42 Å². The van der Waals surface area contributed by atoms with Crippen molar-refractivity contribution < 1.29 is 14.7 Å². The van der Waals surface area contributed by atoms with Crippen LogP contribution < -0.4 is 10.9 Å². The highest BCUT2D eigenvalue weighted by molar-refractivity contribution is 6.15. The minimum atomic E-state index is -0.983. The lowest BCUT2D eigenvalue weighted by molar-refractivity contribution is -0.131. The molecule has 0 bridgehead atoms. The third-order valence-corrected chi connectivity index (χ3v) is 2.86. The van der Waals surface area contributed by atoms with E-state index in [4.69, 9.17) is 0 Å². The van der Waals surface area contributed by atoms with Crippen LogP contribution in [0.5, 0.6) is 5.75 Å². The van der Waals surface area contributed by atoms with Crippen LogP contribution in [-0.4, -0.2) is 29.4 Å². The fraction of sp³-hybridized carbons (Fsp3) is 0.143. The Bertz CT molecular complexity index is 637. The first-order valence-electron chi connectivity index (χ1n) is 6.21. The zero-order valence-corrected chi connectivity index (χ0v) is 11.1. The Kier molecular flexibility index (Phi) is 4.45. The Morgan fingerprint density at radius 1 is 1.57 bits per heavy atom. The van der Waals surface area contributed by atoms with Gasteiger partial charge in [0.15, 0.2) is 5.92 Å². The average molecular weight is 286 g/mol. The van der Waals surface area contributed by atoms with Crippen LogP contribution in [-0.2, 0) is 16.0 Å². The van der Waals surface area contributed by atoms with Gasteiger partial charge in [-0.1, -0.05) is 18.2 Å². The van der Waals surface area contributed by atoms with Gasteiger partial charge in [0.05, 0.1) is 6.21 Å². The molecule has 0 radical (unpaired) electrons. The number of phenols is 1. The highest BCUT2D eigenvalue weighted by Crippen LogP contribution is 2.21. The van der Waals surface area contributed by atoms with Gasteiger partial charge >= 0.3 is 0 Å². The molecule has 1 atom stereocenters. The number of amides is 2. The van der Waals surface area contributed by atoms with Gasteiger partial charge in [-0.25, -0.2) is 10.9 Å². The van der Waals surface area contributed by atoms with E-state index in [1.165, 1.54) is 12.4 Å². The van der Waals surface area contributed by atoms with Gasteiger partial charge in [-0.3, -0.25) is 9.59 Å². The molecule has 7 nitrogen and oxygen atoms in total. The number of hydrogen-bond acceptors (Lipinski definition) is 5. The maximum atomic E-state index is 11.6. The van der Waals surface area contributed by atoms with Gasteiger partial charge in [0.1, 0.15) is 5.75 Å². The van der Waals surface area contributed by atoms with Crippen LogP contribution in [0.4, 0.5) is 0 Å². The van der Waals surface area contributed by atoms with Gasteiger partial charge in [0, 0.05) is 11.8 Å². The van der Waals surface area contributed by atoms with Gasteiger partial charge < -0.3 is 5.11 Å². The Hall–Kier alpha value is -2.96. The monoisotopic (exact) mass is 286 g/mol. The van der Waals surface area contributed by atoms with Crippen molar-refractivity contribution in [2.24, 2.45) is 16.1 Å². The number of carbonyl (C=O) groups is 2. The van der Waals surface area contributed by atoms with Crippen molar-refractivity contribution in [3.05, 3.63) is 42.0 Å². The fourth-order valence-electron chi connectivity index (χ4n) is 1.77. The lowest BCUT2D eigenvalue weighted by Crippen LogP contribution is -2.34. The third-order valence-electron chi connectivity index (χ3n) is 2.86. The van der Waals surface area contributed by atoms with Crippen LogP contribution in [0.3, 0.4) is 0 Å². The van der Waals surface area contributed by atoms with Crippen molar-refractivity contribution in [1.29, 1.82) is 0 Å². The van der Waals surface area contributed by atoms with Crippen LogP contribution in [0.2, 0.25) is 0 Å². The molecule has 0 aliphatic carbocycles. The largest absolute Gasteiger partial charge is 0.507 e. The molecular weight excluding hydrogens is 272 g/mol. The quantitative estimate of drug-likeness (QED) is 0.314. The molecule has 7 heteroatoms. The zero-order chi connectivity index (χ0) is 15.2. The number of allylic oxidation sites excluding steroid dienone is 1. The summed E-state index contributed by atoms with van der Waals surface area (Å²) in [5.41, 5.74) is 5.56. The van der Waals surface area contributed by atoms with Crippen LogP contribution in [0.15, 0.2) is 41.1 Å². The molecular formula is C14H14N4O3. The van der Waals surface area contributed by atoms with E-state index in [-0.39, 0.29) is 5.75 Å². The molecule has 0 saturated heterocycles. The first-order valence-corrected chi connectivity index (χ1v) is 6.21. The molecule has 21 heavy (non-hydrogen) atoms. The van der Waals surface area contributed by atoms with Crippen molar-refractivity contribution >= 4 is 24.2 Å². The average Bonchev–Trinajstić information content (AvgIpc) is 2.89. The summed E-state index contributed by atoms with van der Waals surface area (Å²) < 4.78 is 0. The van der Waals surface area contributed by atoms with E-state index in [9.17, 15) is 14.7 Å². The third kappa shape index (κ3) is 3.33. The second kappa shape index (κ2) is 6.47. The first kappa shape index (κ1) is 14.4. The maximum Gasteiger partial charge on any atom is 0.258 e. The Labute approximate surface area is 121 Å². The van der Waals surface area contributed by atoms with Gasteiger partial charge in [-0.2, -0.15) is 10.2 Å². The minimum Gasteiger partial charge on any atom is -0.507 e. The Morgan fingerprint density at radius 2 is 2.38 bits per heavy atom. The van der Waals surface area contributed by atoms with E-state index in [1.54, 1.807) is 24.3 Å². The van der Waals surface area contributed by atoms with Crippen molar-refractivity contribution in [3.8, 4) is 5.75 Å². The van der Waals surface area contributed by atoms with Crippen LogP contribution in [0.25, 0.3) is 0 Å². The van der Waals surface area contributed by atoms with Crippen molar-refractivity contribution in [1.82, 2.24) is 10.9 Å². The number of rotatable bonds is 5. The first-order chi connectivity index (χ1) is 10.1. The van der Waals surface area contributed by atoms with Gasteiger partial charge in [-0.15, -0.1) is 6.58 Å². The lowest BCUT2D eigenvalue weighted by atomic mass is 10.1. The van der Waals surface area contributed by atoms with Gasteiger partial charge in [-0.05, 0) is 18.1 Å². The second-order valence-corrected chi connectivity index (χ2v) is 4.31. The number of hydrazone groups is 2. The molecule has 0 fully saturated rings. The topological polar surface area (TPSA) is 103 Å². The second-order valence-electron chi connectivity index (χ2n) is 4.31. The minimum absolute atomic E-state index is 0.0792. The van der Waals surface area contributed by atoms with Crippen LogP contribution in [0.1, 0.15) is 11.1 Å². The van der Waals surface area contributed by atoms with Gasteiger partial charge in [0.25, 0.3) is 11.8 Å². The number of nitrogens with zero attached hydrogens (tertiary/aromatic N) is 2. The number of benzene rings is 1. The summed E-state index contributed by atoms with van der Waals surface area (Å²) in [6, 6.07) is 5.19. The summed E-state index contributed by atoms with van der Waals surface area (Å²) in [7, 11) is 0. The zero-order valence-electron chi connectivity index (χ0n) is 11.1. The van der Waals surface area contributed by atoms with Crippen molar-refractivity contribution in [3.63, 3.8) is 0 Å². The van der Waals surface area contributed by atoms with E-state index in [0.717, 1.165) is 0 Å². The van der Waals surface area contributed by atoms with E-state index in [1.807, 2.05) is 0 Å². The van der Waals surface area contributed by atoms with E-state index < -0.39 is 17.7 Å². The summed E-state index contributed by atoms with van der Waals surface area (Å²) >= 11 is 0. The molecule has 1 heterocycles. The van der Waals surface area contributed by atoms with E-state index >= 15 is 0 Å². The molecule has 108 valence electrons. The molecule has 1 aromatic carbocycles. The summed E-state index contributed by atoms with van der Waals surface area (Å²) in [4.78, 5) is 22.9. The summed E-state index contributed by atoms with van der Waals surface area (Å²) in [5.74, 6) is -2.00. The number of phenolic OH excluding ortho intramolecular Hbond substituents is 1. The van der Waals surface area contributed by atoms with E-state index in [0.29, 0.717) is 17.5 Å². The Morgan fingerprint density at radius 3 is 3.05 bits per heavy atom. The normalized spacial score (nSPS) is 17.0. The predicted octanol–water partition coefficient (Wildman–Crippen LogP) is 0.303. The molecule has 2 amide bonds. The molecule has 1 aliphatic rings. The number of aromatic hydroxyl groups is 1. The maximum absolute atomic E-state index is 11.6. The summed E-state index contributed by atoms with van der Waals surface area (Å²) in [5, 5.41) is 17.2. The van der Waals surface area contributed by atoms with Crippen LogP contribution >= 0.6 is 0 Å². The Balaban J connectivity index is 2.03. The molecule has 1 unspecified atom stereocenters. The molecule has 0 aromatic heterocycles. The molecule has 1 aromatic rings.